The standard InChI is InChI=1S/C15H24N2O2S/c1-5-17(12(2)10-16(3)4)11-14-7-6-13(20-14)8-9-15(18)19/h6-9,12H,5,10-11H2,1-4H3,(H,18,19)/b9-8+. The molecule has 0 aromatic carbocycles. The summed E-state index contributed by atoms with van der Waals surface area (Å²) in [5.41, 5.74) is 0. The van der Waals surface area contributed by atoms with Gasteiger partial charge in [0, 0.05) is 35.0 Å². The molecule has 1 unspecified atom stereocenters. The number of nitrogens with zero attached hydrogens (tertiary/aromatic N) is 2. The predicted molar refractivity (Wildman–Crippen MR) is 85.1 cm³/mol. The number of hydrogen-bond acceptors (Lipinski definition) is 4. The molecule has 1 N–H and O–H groups in total. The summed E-state index contributed by atoms with van der Waals surface area (Å²) >= 11 is 1.65. The largest absolute Gasteiger partial charge is 0.478 e. The van der Waals surface area contributed by atoms with Crippen molar-refractivity contribution in [2.45, 2.75) is 26.4 Å². The lowest BCUT2D eigenvalue weighted by Crippen LogP contribution is -2.39. The average Bonchev–Trinajstić information content (AvgIpc) is 2.80. The van der Waals surface area contributed by atoms with Crippen molar-refractivity contribution in [3.63, 3.8) is 0 Å². The first-order chi connectivity index (χ1) is 9.42. The number of thiophene rings is 1. The molecule has 0 saturated carbocycles. The van der Waals surface area contributed by atoms with Gasteiger partial charge in [-0.05, 0) is 45.8 Å². The first-order valence-corrected chi connectivity index (χ1v) is 7.62. The highest BCUT2D eigenvalue weighted by Crippen LogP contribution is 2.20. The van der Waals surface area contributed by atoms with Gasteiger partial charge >= 0.3 is 5.97 Å². The van der Waals surface area contributed by atoms with Gasteiger partial charge in [-0.25, -0.2) is 4.79 Å². The molecule has 0 radical (unpaired) electrons. The van der Waals surface area contributed by atoms with Crippen molar-refractivity contribution in [3.05, 3.63) is 28.0 Å². The number of likely N-dealkylation sites (N-methyl/N-ethyl adjacent to an activating group) is 2. The fourth-order valence-electron chi connectivity index (χ4n) is 2.15. The summed E-state index contributed by atoms with van der Waals surface area (Å²) in [4.78, 5) is 17.4. The third-order valence-corrected chi connectivity index (χ3v) is 4.13. The topological polar surface area (TPSA) is 43.8 Å². The van der Waals surface area contributed by atoms with Crippen LogP contribution in [0.5, 0.6) is 0 Å². The minimum atomic E-state index is -0.908. The molecule has 1 atom stereocenters. The lowest BCUT2D eigenvalue weighted by atomic mass is 10.2. The Labute approximate surface area is 125 Å². The van der Waals surface area contributed by atoms with E-state index in [0.717, 1.165) is 24.5 Å². The van der Waals surface area contributed by atoms with Gasteiger partial charge in [-0.3, -0.25) is 4.90 Å². The molecule has 0 fully saturated rings. The molecule has 0 amide bonds. The maximum Gasteiger partial charge on any atom is 0.328 e. The minimum Gasteiger partial charge on any atom is -0.478 e. The van der Waals surface area contributed by atoms with Gasteiger partial charge in [0.15, 0.2) is 0 Å². The van der Waals surface area contributed by atoms with Gasteiger partial charge in [0.2, 0.25) is 0 Å². The molecule has 4 nitrogen and oxygen atoms in total. The van der Waals surface area contributed by atoms with Crippen molar-refractivity contribution in [3.8, 4) is 0 Å². The van der Waals surface area contributed by atoms with Crippen LogP contribution in [0.25, 0.3) is 6.08 Å². The summed E-state index contributed by atoms with van der Waals surface area (Å²) < 4.78 is 0. The Morgan fingerprint density at radius 1 is 1.45 bits per heavy atom. The normalized spacial score (nSPS) is 13.5. The number of carboxylic acids is 1. The molecule has 20 heavy (non-hydrogen) atoms. The third-order valence-electron chi connectivity index (χ3n) is 3.09. The Hall–Kier alpha value is -1.17. The Morgan fingerprint density at radius 3 is 2.70 bits per heavy atom. The summed E-state index contributed by atoms with van der Waals surface area (Å²) in [7, 11) is 4.18. The Bertz CT molecular complexity index is 454. The van der Waals surface area contributed by atoms with E-state index in [1.807, 2.05) is 6.07 Å². The molecule has 112 valence electrons. The molecular weight excluding hydrogens is 272 g/mol. The van der Waals surface area contributed by atoms with Crippen LogP contribution >= 0.6 is 11.3 Å². The fraction of sp³-hybridized carbons (Fsp3) is 0.533. The highest BCUT2D eigenvalue weighted by atomic mass is 32.1. The Balaban J connectivity index is 2.64. The second kappa shape index (κ2) is 8.19. The van der Waals surface area contributed by atoms with E-state index in [4.69, 9.17) is 5.11 Å². The lowest BCUT2D eigenvalue weighted by molar-refractivity contribution is -0.131. The van der Waals surface area contributed by atoms with Crippen LogP contribution < -0.4 is 0 Å². The maximum atomic E-state index is 10.5. The van der Waals surface area contributed by atoms with Crippen LogP contribution in [-0.4, -0.2) is 54.1 Å². The van der Waals surface area contributed by atoms with Gasteiger partial charge in [-0.1, -0.05) is 6.92 Å². The molecule has 1 aromatic heterocycles. The Morgan fingerprint density at radius 2 is 2.15 bits per heavy atom. The summed E-state index contributed by atoms with van der Waals surface area (Å²) in [5, 5.41) is 8.63. The van der Waals surface area contributed by atoms with Crippen LogP contribution in [0, 0.1) is 0 Å². The van der Waals surface area contributed by atoms with Gasteiger partial charge < -0.3 is 10.0 Å². The van der Waals surface area contributed by atoms with E-state index in [1.54, 1.807) is 17.4 Å². The molecule has 5 heteroatoms. The minimum absolute atomic E-state index is 0.495. The van der Waals surface area contributed by atoms with Gasteiger partial charge in [-0.15, -0.1) is 11.3 Å². The van der Waals surface area contributed by atoms with Crippen molar-refractivity contribution in [2.75, 3.05) is 27.2 Å². The van der Waals surface area contributed by atoms with E-state index in [1.165, 1.54) is 11.0 Å². The molecule has 0 saturated heterocycles. The zero-order valence-corrected chi connectivity index (χ0v) is 13.5. The quantitative estimate of drug-likeness (QED) is 0.749. The van der Waals surface area contributed by atoms with Crippen LogP contribution in [0.3, 0.4) is 0 Å². The van der Waals surface area contributed by atoms with E-state index in [0.29, 0.717) is 6.04 Å². The summed E-state index contributed by atoms with van der Waals surface area (Å²) in [5.74, 6) is -0.908. The molecule has 1 aromatic rings. The highest BCUT2D eigenvalue weighted by Gasteiger charge is 2.14. The fourth-order valence-corrected chi connectivity index (χ4v) is 3.09. The first-order valence-electron chi connectivity index (χ1n) is 6.80. The first kappa shape index (κ1) is 16.9. The molecule has 1 rings (SSSR count). The van der Waals surface area contributed by atoms with E-state index in [9.17, 15) is 4.79 Å². The van der Waals surface area contributed by atoms with E-state index >= 15 is 0 Å². The van der Waals surface area contributed by atoms with Gasteiger partial charge in [0.25, 0.3) is 0 Å². The number of carbonyl (C=O) groups is 1. The van der Waals surface area contributed by atoms with Crippen LogP contribution in [0.2, 0.25) is 0 Å². The molecule has 0 aliphatic rings. The summed E-state index contributed by atoms with van der Waals surface area (Å²) in [6.07, 6.45) is 2.83. The highest BCUT2D eigenvalue weighted by molar-refractivity contribution is 7.12. The molecule has 0 bridgehead atoms. The van der Waals surface area contributed by atoms with E-state index in [-0.39, 0.29) is 0 Å². The lowest BCUT2D eigenvalue weighted by Gasteiger charge is -2.29. The van der Waals surface area contributed by atoms with Gasteiger partial charge in [0.05, 0.1) is 0 Å². The summed E-state index contributed by atoms with van der Waals surface area (Å²) in [6.45, 7) is 7.36. The number of aliphatic carboxylic acids is 1. The Kier molecular flexibility index (Phi) is 6.91. The number of carboxylic acid groups (broad SMARTS) is 1. The zero-order valence-electron chi connectivity index (χ0n) is 12.7. The number of rotatable bonds is 8. The maximum absolute atomic E-state index is 10.5. The second-order valence-electron chi connectivity index (χ2n) is 5.15. The zero-order chi connectivity index (χ0) is 15.1. The molecular formula is C15H24N2O2S. The van der Waals surface area contributed by atoms with Crippen molar-refractivity contribution in [2.24, 2.45) is 0 Å². The van der Waals surface area contributed by atoms with Crippen molar-refractivity contribution in [1.29, 1.82) is 0 Å². The molecule has 1 heterocycles. The third kappa shape index (κ3) is 5.86. The summed E-state index contributed by atoms with van der Waals surface area (Å²) in [6, 6.07) is 4.55. The molecule has 0 aliphatic heterocycles. The van der Waals surface area contributed by atoms with Crippen LogP contribution in [0.15, 0.2) is 18.2 Å². The second-order valence-corrected chi connectivity index (χ2v) is 6.35. The van der Waals surface area contributed by atoms with Gasteiger partial charge in [0.1, 0.15) is 0 Å². The monoisotopic (exact) mass is 296 g/mol. The van der Waals surface area contributed by atoms with Crippen LogP contribution in [0.4, 0.5) is 0 Å². The SMILES string of the molecule is CCN(Cc1ccc(/C=C/C(=O)O)s1)C(C)CN(C)C. The van der Waals surface area contributed by atoms with Crippen molar-refractivity contribution < 1.29 is 9.90 Å². The number of hydrogen-bond donors (Lipinski definition) is 1. The van der Waals surface area contributed by atoms with Crippen LogP contribution in [0.1, 0.15) is 23.6 Å². The van der Waals surface area contributed by atoms with Crippen molar-refractivity contribution >= 4 is 23.4 Å². The van der Waals surface area contributed by atoms with E-state index < -0.39 is 5.97 Å². The molecule has 0 spiro atoms. The van der Waals surface area contributed by atoms with Crippen molar-refractivity contribution in [1.82, 2.24) is 9.80 Å². The van der Waals surface area contributed by atoms with E-state index in [2.05, 4.69) is 43.8 Å². The average molecular weight is 296 g/mol. The molecule has 0 aliphatic carbocycles. The smallest absolute Gasteiger partial charge is 0.328 e. The predicted octanol–water partition coefficient (Wildman–Crippen LogP) is 2.62. The van der Waals surface area contributed by atoms with Crippen LogP contribution in [-0.2, 0) is 11.3 Å². The van der Waals surface area contributed by atoms with Gasteiger partial charge in [-0.2, -0.15) is 0 Å².